The Bertz CT molecular complexity index is 1150. The summed E-state index contributed by atoms with van der Waals surface area (Å²) in [6.45, 7) is 1.62. The minimum atomic E-state index is -1.63. The lowest BCUT2D eigenvalue weighted by atomic mass is 10.1. The number of thiocarbonyl (C=S) groups is 1. The number of nitro groups is 1. The number of carbonyl (C=O) groups is 3. The number of rotatable bonds is 7. The first-order valence-corrected chi connectivity index (χ1v) is 9.88. The van der Waals surface area contributed by atoms with Crippen LogP contribution < -0.4 is 0 Å². The van der Waals surface area contributed by atoms with Crippen molar-refractivity contribution in [3.05, 3.63) is 56.7 Å². The topological polar surface area (TPSA) is 151 Å². The highest BCUT2D eigenvalue weighted by Crippen LogP contribution is 2.36. The van der Waals surface area contributed by atoms with E-state index in [9.17, 15) is 29.6 Å². The van der Waals surface area contributed by atoms with Gasteiger partial charge in [-0.3, -0.25) is 24.6 Å². The number of carbonyl (C=O) groups excluding carboxylic acids is 1. The van der Waals surface area contributed by atoms with Crippen LogP contribution in [0.1, 0.15) is 17.7 Å². The van der Waals surface area contributed by atoms with Gasteiger partial charge in [0.2, 0.25) is 0 Å². The molecule has 160 valence electrons. The lowest BCUT2D eigenvalue weighted by molar-refractivity contribution is -0.385. The molecule has 2 N–H and O–H groups in total. The second kappa shape index (κ2) is 8.70. The molecule has 2 heterocycles. The molecule has 0 radical (unpaired) electrons. The lowest BCUT2D eigenvalue weighted by Crippen LogP contribution is -2.45. The molecular formula is C19H14N2O8S2. The van der Waals surface area contributed by atoms with Crippen LogP contribution in [0.3, 0.4) is 0 Å². The molecule has 1 aromatic heterocycles. The van der Waals surface area contributed by atoms with E-state index in [-0.39, 0.29) is 20.7 Å². The molecular weight excluding hydrogens is 448 g/mol. The Morgan fingerprint density at radius 2 is 2.03 bits per heavy atom. The number of furan rings is 1. The third-order valence-corrected chi connectivity index (χ3v) is 5.71. The normalized spacial score (nSPS) is 16.0. The van der Waals surface area contributed by atoms with Gasteiger partial charge in [-0.05, 0) is 19.1 Å². The van der Waals surface area contributed by atoms with Gasteiger partial charge in [0.25, 0.3) is 11.6 Å². The van der Waals surface area contributed by atoms with E-state index in [1.165, 1.54) is 12.1 Å². The van der Waals surface area contributed by atoms with Crippen LogP contribution in [-0.4, -0.2) is 48.2 Å². The highest BCUT2D eigenvalue weighted by Gasteiger charge is 2.41. The van der Waals surface area contributed by atoms with E-state index in [1.54, 1.807) is 31.2 Å². The summed E-state index contributed by atoms with van der Waals surface area (Å²) in [5.41, 5.74) is 0.907. The van der Waals surface area contributed by atoms with Crippen LogP contribution in [0.15, 0.2) is 39.7 Å². The Kier molecular flexibility index (Phi) is 6.22. The highest BCUT2D eigenvalue weighted by atomic mass is 32.2. The van der Waals surface area contributed by atoms with E-state index in [0.29, 0.717) is 16.9 Å². The van der Waals surface area contributed by atoms with Gasteiger partial charge in [0.15, 0.2) is 0 Å². The molecule has 12 heteroatoms. The van der Waals surface area contributed by atoms with Gasteiger partial charge in [-0.2, -0.15) is 0 Å². The van der Waals surface area contributed by atoms with Gasteiger partial charge < -0.3 is 14.6 Å². The minimum absolute atomic E-state index is 0.0607. The molecule has 0 saturated carbocycles. The molecule has 0 bridgehead atoms. The van der Waals surface area contributed by atoms with Crippen molar-refractivity contribution in [2.24, 2.45) is 0 Å². The fraction of sp³-hybridized carbons (Fsp3) is 0.158. The smallest absolute Gasteiger partial charge is 0.327 e. The summed E-state index contributed by atoms with van der Waals surface area (Å²) in [4.78, 5) is 46.5. The molecule has 1 fully saturated rings. The maximum atomic E-state index is 12.7. The van der Waals surface area contributed by atoms with Crippen LogP contribution in [-0.2, 0) is 14.4 Å². The Labute approximate surface area is 184 Å². The van der Waals surface area contributed by atoms with Gasteiger partial charge in [0.05, 0.1) is 16.2 Å². The van der Waals surface area contributed by atoms with Crippen LogP contribution in [0.5, 0.6) is 0 Å². The maximum Gasteiger partial charge on any atom is 0.327 e. The zero-order chi connectivity index (χ0) is 22.9. The molecule has 0 aliphatic carbocycles. The molecule has 31 heavy (non-hydrogen) atoms. The largest absolute Gasteiger partial charge is 0.481 e. The van der Waals surface area contributed by atoms with E-state index >= 15 is 0 Å². The van der Waals surface area contributed by atoms with Crippen molar-refractivity contribution in [2.75, 3.05) is 0 Å². The Morgan fingerprint density at radius 3 is 2.65 bits per heavy atom. The molecule has 3 rings (SSSR count). The third kappa shape index (κ3) is 4.64. The molecule has 1 aliphatic rings. The van der Waals surface area contributed by atoms with Crippen molar-refractivity contribution in [3.8, 4) is 11.3 Å². The van der Waals surface area contributed by atoms with Crippen molar-refractivity contribution >= 4 is 57.9 Å². The van der Waals surface area contributed by atoms with Gasteiger partial charge in [-0.25, -0.2) is 4.79 Å². The molecule has 1 saturated heterocycles. The number of aliphatic carboxylic acids is 2. The zero-order valence-electron chi connectivity index (χ0n) is 15.8. The minimum Gasteiger partial charge on any atom is -0.481 e. The van der Waals surface area contributed by atoms with Crippen molar-refractivity contribution < 1.29 is 33.9 Å². The molecule has 1 aromatic carbocycles. The second-order valence-electron chi connectivity index (χ2n) is 6.46. The number of thioether (sulfide) groups is 1. The van der Waals surface area contributed by atoms with Crippen molar-refractivity contribution in [1.82, 2.24) is 4.90 Å². The van der Waals surface area contributed by atoms with Crippen LogP contribution in [0.2, 0.25) is 0 Å². The van der Waals surface area contributed by atoms with E-state index < -0.39 is 35.2 Å². The standard InChI is InChI=1S/C19H14N2O8S2/c1-9-2-3-10(6-12(9)21(27)28)14-5-4-11(29-14)7-15-17(24)20(19(30)31-15)13(18(25)26)8-16(22)23/h2-7,13H,8H2,1H3,(H,22,23)(H,25,26)/b15-7-. The number of carboxylic acid groups (broad SMARTS) is 2. The van der Waals surface area contributed by atoms with Crippen LogP contribution >= 0.6 is 24.0 Å². The maximum absolute atomic E-state index is 12.7. The summed E-state index contributed by atoms with van der Waals surface area (Å²) in [6.07, 6.45) is 0.553. The molecule has 0 spiro atoms. The number of hydrogen-bond donors (Lipinski definition) is 2. The summed E-state index contributed by atoms with van der Waals surface area (Å²) < 4.78 is 5.58. The summed E-state index contributed by atoms with van der Waals surface area (Å²) >= 11 is 5.89. The summed E-state index contributed by atoms with van der Waals surface area (Å²) in [7, 11) is 0. The average Bonchev–Trinajstić information content (AvgIpc) is 3.25. The molecule has 1 aliphatic heterocycles. The number of hydrogen-bond acceptors (Lipinski definition) is 8. The molecule has 2 aromatic rings. The first kappa shape index (κ1) is 22.2. The molecule has 1 amide bonds. The summed E-state index contributed by atoms with van der Waals surface area (Å²) in [6, 6.07) is 6.12. The number of nitrogens with zero attached hydrogens (tertiary/aromatic N) is 2. The molecule has 1 unspecified atom stereocenters. The summed E-state index contributed by atoms with van der Waals surface area (Å²) in [5, 5.41) is 29.4. The SMILES string of the molecule is Cc1ccc(-c2ccc(/C=C3\SC(=S)N(C(CC(=O)O)C(=O)O)C3=O)o2)cc1[N+](=O)[O-]. The van der Waals surface area contributed by atoms with Gasteiger partial charge in [-0.15, -0.1) is 0 Å². The van der Waals surface area contributed by atoms with Gasteiger partial charge in [0, 0.05) is 23.3 Å². The highest BCUT2D eigenvalue weighted by molar-refractivity contribution is 8.26. The molecule has 1 atom stereocenters. The van der Waals surface area contributed by atoms with Crippen LogP contribution in [0.25, 0.3) is 17.4 Å². The zero-order valence-corrected chi connectivity index (χ0v) is 17.4. The first-order chi connectivity index (χ1) is 14.6. The van der Waals surface area contributed by atoms with E-state index in [0.717, 1.165) is 16.7 Å². The number of aryl methyl sites for hydroxylation is 1. The Morgan fingerprint density at radius 1 is 1.32 bits per heavy atom. The van der Waals surface area contributed by atoms with Crippen LogP contribution in [0.4, 0.5) is 5.69 Å². The quantitative estimate of drug-likeness (QED) is 0.271. The molecule has 10 nitrogen and oxygen atoms in total. The van der Waals surface area contributed by atoms with Crippen molar-refractivity contribution in [3.63, 3.8) is 0 Å². The third-order valence-electron chi connectivity index (χ3n) is 4.38. The number of amides is 1. The first-order valence-electron chi connectivity index (χ1n) is 8.65. The van der Waals surface area contributed by atoms with E-state index in [2.05, 4.69) is 0 Å². The number of carboxylic acids is 2. The average molecular weight is 462 g/mol. The fourth-order valence-electron chi connectivity index (χ4n) is 2.88. The van der Waals surface area contributed by atoms with Crippen molar-refractivity contribution in [1.29, 1.82) is 0 Å². The van der Waals surface area contributed by atoms with Crippen LogP contribution in [0, 0.1) is 17.0 Å². The van der Waals surface area contributed by atoms with Gasteiger partial charge in [0.1, 0.15) is 21.9 Å². The van der Waals surface area contributed by atoms with E-state index in [1.807, 2.05) is 0 Å². The Hall–Kier alpha value is -3.51. The fourth-order valence-corrected chi connectivity index (χ4v) is 4.21. The predicted molar refractivity (Wildman–Crippen MR) is 114 cm³/mol. The van der Waals surface area contributed by atoms with Crippen molar-refractivity contribution in [2.45, 2.75) is 19.4 Å². The predicted octanol–water partition coefficient (Wildman–Crippen LogP) is 3.29. The lowest BCUT2D eigenvalue weighted by Gasteiger charge is -2.21. The van der Waals surface area contributed by atoms with Gasteiger partial charge in [-0.1, -0.05) is 36.1 Å². The summed E-state index contributed by atoms with van der Waals surface area (Å²) in [5.74, 6) is -3.04. The van der Waals surface area contributed by atoms with Gasteiger partial charge >= 0.3 is 11.9 Å². The number of nitro benzene ring substituents is 1. The number of benzene rings is 1. The Balaban J connectivity index is 1.88. The van der Waals surface area contributed by atoms with E-state index in [4.69, 9.17) is 21.7 Å². The monoisotopic (exact) mass is 462 g/mol. The second-order valence-corrected chi connectivity index (χ2v) is 8.14.